The quantitative estimate of drug-likeness (QED) is 0.486. The highest BCUT2D eigenvalue weighted by atomic mass is 16.5. The number of hydrogen-bond acceptors (Lipinski definition) is 3. The minimum Gasteiger partial charge on any atom is -0.481 e. The molecular weight excluding hydrogens is 148 g/mol. The van der Waals surface area contributed by atoms with E-state index in [9.17, 15) is 9.59 Å². The zero-order valence-corrected chi connectivity index (χ0v) is 6.37. The lowest BCUT2D eigenvalue weighted by Gasteiger charge is -2.07. The summed E-state index contributed by atoms with van der Waals surface area (Å²) in [4.78, 5) is 21.3. The van der Waals surface area contributed by atoms with E-state index >= 15 is 0 Å². The van der Waals surface area contributed by atoms with Crippen LogP contribution in [0.1, 0.15) is 21.6 Å². The molecule has 0 spiro atoms. The molecule has 0 bridgehead atoms. The number of ether oxygens (including phenoxy) is 1. The molecule has 11 heavy (non-hydrogen) atoms. The van der Waals surface area contributed by atoms with Gasteiger partial charge in [0.15, 0.2) is 5.92 Å². The van der Waals surface area contributed by atoms with Crippen molar-refractivity contribution in [1.82, 2.24) is 0 Å². The van der Waals surface area contributed by atoms with Crippen molar-refractivity contribution in [3.63, 3.8) is 0 Å². The standard InChI is InChI=1S/C7H12O4/c1-3-5(6(8)9)7(10)11-4-2/h5H,3-4H2,1-2H3,(H,8,9)/i1D. The lowest BCUT2D eigenvalue weighted by molar-refractivity contribution is -0.158. The summed E-state index contributed by atoms with van der Waals surface area (Å²) in [5, 5.41) is 8.52. The second kappa shape index (κ2) is 4.71. The molecule has 64 valence electrons. The molecule has 0 saturated heterocycles. The molecule has 0 aromatic rings. The molecule has 0 aliphatic heterocycles. The molecular formula is C7H12O4. The number of carboxylic acid groups (broad SMARTS) is 1. The van der Waals surface area contributed by atoms with Crippen LogP contribution in [0.25, 0.3) is 0 Å². The molecule has 0 aliphatic carbocycles. The molecule has 0 rings (SSSR count). The van der Waals surface area contributed by atoms with Crippen molar-refractivity contribution in [3.05, 3.63) is 0 Å². The van der Waals surface area contributed by atoms with E-state index in [-0.39, 0.29) is 19.9 Å². The van der Waals surface area contributed by atoms with Crippen LogP contribution in [0.15, 0.2) is 0 Å². The predicted octanol–water partition coefficient (Wildman–Crippen LogP) is 0.660. The summed E-state index contributed by atoms with van der Waals surface area (Å²) in [6, 6.07) is 0. The Morgan fingerprint density at radius 2 is 2.36 bits per heavy atom. The number of carbonyl (C=O) groups is 2. The molecule has 0 fully saturated rings. The van der Waals surface area contributed by atoms with Gasteiger partial charge in [0, 0.05) is 1.37 Å². The maximum Gasteiger partial charge on any atom is 0.320 e. The number of esters is 1. The fourth-order valence-electron chi connectivity index (χ4n) is 0.585. The lowest BCUT2D eigenvalue weighted by atomic mass is 10.1. The zero-order chi connectivity index (χ0) is 9.56. The molecule has 0 radical (unpaired) electrons. The first-order valence-corrected chi connectivity index (χ1v) is 3.32. The number of aliphatic carboxylic acids is 1. The highest BCUT2D eigenvalue weighted by Gasteiger charge is 2.24. The third kappa shape index (κ3) is 3.02. The zero-order valence-electron chi connectivity index (χ0n) is 7.37. The van der Waals surface area contributed by atoms with E-state index < -0.39 is 17.9 Å². The number of carboxylic acids is 1. The van der Waals surface area contributed by atoms with E-state index in [1.807, 2.05) is 0 Å². The van der Waals surface area contributed by atoms with E-state index in [0.717, 1.165) is 0 Å². The van der Waals surface area contributed by atoms with Crippen molar-refractivity contribution >= 4 is 11.9 Å². The van der Waals surface area contributed by atoms with E-state index in [0.29, 0.717) is 0 Å². The Morgan fingerprint density at radius 3 is 2.73 bits per heavy atom. The molecule has 1 N–H and O–H groups in total. The van der Waals surface area contributed by atoms with Gasteiger partial charge in [-0.2, -0.15) is 0 Å². The van der Waals surface area contributed by atoms with Gasteiger partial charge in [-0.15, -0.1) is 0 Å². The third-order valence-electron chi connectivity index (χ3n) is 1.16. The summed E-state index contributed by atoms with van der Waals surface area (Å²) in [6.45, 7) is 1.69. The van der Waals surface area contributed by atoms with Crippen LogP contribution in [0.4, 0.5) is 0 Å². The van der Waals surface area contributed by atoms with Gasteiger partial charge in [-0.3, -0.25) is 9.59 Å². The summed E-state index contributed by atoms with van der Waals surface area (Å²) < 4.78 is 11.3. The van der Waals surface area contributed by atoms with Gasteiger partial charge >= 0.3 is 11.9 Å². The van der Waals surface area contributed by atoms with Crippen LogP contribution >= 0.6 is 0 Å². The smallest absolute Gasteiger partial charge is 0.320 e. The average Bonchev–Trinajstić information content (AvgIpc) is 1.99. The lowest BCUT2D eigenvalue weighted by Crippen LogP contribution is -2.25. The molecule has 4 heteroatoms. The molecule has 1 unspecified atom stereocenters. The second-order valence-corrected chi connectivity index (χ2v) is 1.93. The Kier molecular flexibility index (Phi) is 3.44. The molecule has 0 aromatic carbocycles. The van der Waals surface area contributed by atoms with Gasteiger partial charge in [0.25, 0.3) is 0 Å². The highest BCUT2D eigenvalue weighted by molar-refractivity contribution is 5.93. The van der Waals surface area contributed by atoms with Crippen LogP contribution in [-0.4, -0.2) is 23.7 Å². The topological polar surface area (TPSA) is 63.6 Å². The van der Waals surface area contributed by atoms with E-state index in [2.05, 4.69) is 4.74 Å². The maximum atomic E-state index is 10.9. The average molecular weight is 161 g/mol. The molecule has 4 nitrogen and oxygen atoms in total. The van der Waals surface area contributed by atoms with Crippen LogP contribution in [0.5, 0.6) is 0 Å². The van der Waals surface area contributed by atoms with Crippen LogP contribution in [0.2, 0.25) is 0 Å². The maximum absolute atomic E-state index is 10.9. The summed E-state index contributed by atoms with van der Waals surface area (Å²) in [6.07, 6.45) is 0.00810. The van der Waals surface area contributed by atoms with Gasteiger partial charge in [0.2, 0.25) is 0 Å². The summed E-state index contributed by atoms with van der Waals surface area (Å²) in [5.41, 5.74) is 0. The highest BCUT2D eigenvalue weighted by Crippen LogP contribution is 2.04. The fraction of sp³-hybridized carbons (Fsp3) is 0.714. The van der Waals surface area contributed by atoms with Crippen LogP contribution in [0, 0.1) is 5.92 Å². The largest absolute Gasteiger partial charge is 0.481 e. The van der Waals surface area contributed by atoms with Gasteiger partial charge < -0.3 is 9.84 Å². The first-order valence-electron chi connectivity index (χ1n) is 4.02. The van der Waals surface area contributed by atoms with Crippen LogP contribution < -0.4 is 0 Å². The minimum absolute atomic E-state index is 0.00810. The molecule has 0 saturated carbocycles. The van der Waals surface area contributed by atoms with Crippen LogP contribution in [-0.2, 0) is 14.3 Å². The summed E-state index contributed by atoms with van der Waals surface area (Å²) in [5.74, 6) is -3.15. The normalized spacial score (nSPS) is 13.4. The van der Waals surface area contributed by atoms with Crippen molar-refractivity contribution < 1.29 is 20.8 Å². The van der Waals surface area contributed by atoms with Gasteiger partial charge in [0.1, 0.15) is 0 Å². The summed E-state index contributed by atoms with van der Waals surface area (Å²) in [7, 11) is 0. The molecule has 0 aromatic heterocycles. The first-order chi connectivity index (χ1) is 5.63. The number of rotatable bonds is 4. The predicted molar refractivity (Wildman–Crippen MR) is 38.0 cm³/mol. The van der Waals surface area contributed by atoms with Crippen LogP contribution in [0.3, 0.4) is 0 Å². The Bertz CT molecular complexity index is 169. The SMILES string of the molecule is [2H]CCC(C(=O)O)C(=O)OCC. The number of carbonyl (C=O) groups excluding carboxylic acids is 1. The Labute approximate surface area is 66.6 Å². The Balaban J connectivity index is 4.09. The minimum atomic E-state index is -1.22. The second-order valence-electron chi connectivity index (χ2n) is 1.93. The number of hydrogen-bond donors (Lipinski definition) is 1. The van der Waals surface area contributed by atoms with Gasteiger partial charge in [-0.05, 0) is 13.3 Å². The van der Waals surface area contributed by atoms with Gasteiger partial charge in [-0.25, -0.2) is 0 Å². The van der Waals surface area contributed by atoms with E-state index in [1.165, 1.54) is 0 Å². The third-order valence-corrected chi connectivity index (χ3v) is 1.16. The van der Waals surface area contributed by atoms with Gasteiger partial charge in [0.05, 0.1) is 6.61 Å². The van der Waals surface area contributed by atoms with E-state index in [4.69, 9.17) is 6.48 Å². The van der Waals surface area contributed by atoms with E-state index in [1.54, 1.807) is 6.92 Å². The van der Waals surface area contributed by atoms with Crippen molar-refractivity contribution in [2.24, 2.45) is 5.92 Å². The summed E-state index contributed by atoms with van der Waals surface area (Å²) >= 11 is 0. The Hall–Kier alpha value is -1.06. The molecule has 0 heterocycles. The monoisotopic (exact) mass is 161 g/mol. The fourth-order valence-corrected chi connectivity index (χ4v) is 0.585. The molecule has 0 aliphatic rings. The van der Waals surface area contributed by atoms with Crippen molar-refractivity contribution in [1.29, 1.82) is 0 Å². The van der Waals surface area contributed by atoms with Gasteiger partial charge in [-0.1, -0.05) is 6.90 Å². The van der Waals surface area contributed by atoms with Crippen molar-refractivity contribution in [3.8, 4) is 0 Å². The van der Waals surface area contributed by atoms with Crippen molar-refractivity contribution in [2.75, 3.05) is 6.61 Å². The van der Waals surface area contributed by atoms with Crippen molar-refractivity contribution in [2.45, 2.75) is 20.2 Å². The first kappa shape index (κ1) is 8.04. The molecule has 1 atom stereocenters. The molecule has 0 amide bonds. The Morgan fingerprint density at radius 1 is 1.73 bits per heavy atom.